The predicted octanol–water partition coefficient (Wildman–Crippen LogP) is 1.71. The molecule has 1 aromatic rings. The van der Waals surface area contributed by atoms with Crippen molar-refractivity contribution < 1.29 is 0 Å². The van der Waals surface area contributed by atoms with Gasteiger partial charge in [-0.2, -0.15) is 0 Å². The summed E-state index contributed by atoms with van der Waals surface area (Å²) in [7, 11) is 0. The summed E-state index contributed by atoms with van der Waals surface area (Å²) in [5, 5.41) is 8.88. The minimum Gasteiger partial charge on any atom is -0.327 e. The van der Waals surface area contributed by atoms with Gasteiger partial charge in [-0.25, -0.2) is 0 Å². The highest BCUT2D eigenvalue weighted by Crippen LogP contribution is 2.21. The standard InChI is InChI=1S/C6H11N3S2.ClH/c1-4(7)3-10-6-9-8-5(2)11-6;/h4H,3,7H2,1-2H3;1H. The summed E-state index contributed by atoms with van der Waals surface area (Å²) in [4.78, 5) is 0. The lowest BCUT2D eigenvalue weighted by molar-refractivity contribution is 0.845. The van der Waals surface area contributed by atoms with Gasteiger partial charge in [0.05, 0.1) is 0 Å². The van der Waals surface area contributed by atoms with E-state index in [4.69, 9.17) is 5.73 Å². The number of hydrogen-bond donors (Lipinski definition) is 1. The summed E-state index contributed by atoms with van der Waals surface area (Å²) in [6, 6.07) is 0.226. The molecule has 2 N–H and O–H groups in total. The summed E-state index contributed by atoms with van der Waals surface area (Å²) >= 11 is 3.28. The molecule has 0 saturated carbocycles. The minimum atomic E-state index is 0. The number of nitrogens with two attached hydrogens (primary N) is 1. The van der Waals surface area contributed by atoms with Crippen LogP contribution >= 0.6 is 35.5 Å². The first-order valence-electron chi connectivity index (χ1n) is 3.37. The van der Waals surface area contributed by atoms with Crippen LogP contribution < -0.4 is 5.73 Å². The lowest BCUT2D eigenvalue weighted by atomic mass is 10.4. The van der Waals surface area contributed by atoms with Crippen LogP contribution in [0, 0.1) is 6.92 Å². The van der Waals surface area contributed by atoms with Crippen molar-refractivity contribution in [1.82, 2.24) is 10.2 Å². The third-order valence-corrected chi connectivity index (χ3v) is 3.24. The quantitative estimate of drug-likeness (QED) is 0.796. The largest absolute Gasteiger partial charge is 0.327 e. The Hall–Kier alpha value is 0.160. The monoisotopic (exact) mass is 225 g/mol. The van der Waals surface area contributed by atoms with Crippen molar-refractivity contribution in [3.05, 3.63) is 5.01 Å². The Morgan fingerprint density at radius 2 is 2.25 bits per heavy atom. The molecule has 0 aliphatic carbocycles. The van der Waals surface area contributed by atoms with Gasteiger partial charge in [0, 0.05) is 11.8 Å². The van der Waals surface area contributed by atoms with E-state index in [0.717, 1.165) is 15.1 Å². The number of halogens is 1. The molecule has 1 heterocycles. The Morgan fingerprint density at radius 3 is 2.67 bits per heavy atom. The number of rotatable bonds is 3. The molecule has 1 atom stereocenters. The SMILES string of the molecule is Cc1nnc(SCC(C)N)s1.Cl. The first kappa shape index (κ1) is 12.2. The topological polar surface area (TPSA) is 51.8 Å². The Morgan fingerprint density at radius 1 is 1.58 bits per heavy atom. The molecule has 3 nitrogen and oxygen atoms in total. The van der Waals surface area contributed by atoms with E-state index in [9.17, 15) is 0 Å². The Balaban J connectivity index is 0.00000121. The van der Waals surface area contributed by atoms with E-state index in [1.807, 2.05) is 13.8 Å². The fourth-order valence-electron chi connectivity index (χ4n) is 0.539. The smallest absolute Gasteiger partial charge is 0.174 e. The zero-order valence-corrected chi connectivity index (χ0v) is 9.43. The van der Waals surface area contributed by atoms with Gasteiger partial charge in [0.2, 0.25) is 0 Å². The van der Waals surface area contributed by atoms with E-state index in [1.165, 1.54) is 0 Å². The first-order valence-corrected chi connectivity index (χ1v) is 5.17. The van der Waals surface area contributed by atoms with Crippen LogP contribution in [0.3, 0.4) is 0 Å². The van der Waals surface area contributed by atoms with Crippen molar-refractivity contribution >= 4 is 35.5 Å². The van der Waals surface area contributed by atoms with Gasteiger partial charge in [0.1, 0.15) is 5.01 Å². The van der Waals surface area contributed by atoms with Crippen molar-refractivity contribution in [3.8, 4) is 0 Å². The van der Waals surface area contributed by atoms with Gasteiger partial charge < -0.3 is 5.73 Å². The molecule has 0 radical (unpaired) electrons. The van der Waals surface area contributed by atoms with Crippen LogP contribution in [-0.4, -0.2) is 22.0 Å². The molecule has 0 aliphatic rings. The molecule has 0 saturated heterocycles. The summed E-state index contributed by atoms with van der Waals surface area (Å²) in [5.41, 5.74) is 5.58. The molecule has 0 aliphatic heterocycles. The van der Waals surface area contributed by atoms with Gasteiger partial charge in [-0.1, -0.05) is 23.1 Å². The minimum absolute atomic E-state index is 0. The maximum absolute atomic E-state index is 5.58. The van der Waals surface area contributed by atoms with Crippen LogP contribution in [0.2, 0.25) is 0 Å². The summed E-state index contributed by atoms with van der Waals surface area (Å²) < 4.78 is 1.01. The average molecular weight is 226 g/mol. The van der Waals surface area contributed by atoms with Gasteiger partial charge in [-0.15, -0.1) is 22.6 Å². The van der Waals surface area contributed by atoms with E-state index in [-0.39, 0.29) is 18.4 Å². The van der Waals surface area contributed by atoms with Crippen molar-refractivity contribution in [1.29, 1.82) is 0 Å². The lowest BCUT2D eigenvalue weighted by Gasteiger charge is -1.99. The van der Waals surface area contributed by atoms with Crippen molar-refractivity contribution in [2.45, 2.75) is 24.2 Å². The number of aryl methyl sites for hydroxylation is 1. The number of thioether (sulfide) groups is 1. The van der Waals surface area contributed by atoms with Crippen LogP contribution in [0.15, 0.2) is 4.34 Å². The fraction of sp³-hybridized carbons (Fsp3) is 0.667. The molecule has 1 unspecified atom stereocenters. The lowest BCUT2D eigenvalue weighted by Crippen LogP contribution is -2.17. The third-order valence-electron chi connectivity index (χ3n) is 0.977. The maximum atomic E-state index is 5.58. The molecule has 6 heteroatoms. The maximum Gasteiger partial charge on any atom is 0.174 e. The van der Waals surface area contributed by atoms with E-state index in [1.54, 1.807) is 23.1 Å². The second-order valence-corrected chi connectivity index (χ2v) is 4.82. The summed E-state index contributed by atoms with van der Waals surface area (Å²) in [5.74, 6) is 0.911. The van der Waals surface area contributed by atoms with E-state index in [0.29, 0.717) is 0 Å². The second-order valence-electron chi connectivity index (χ2n) is 2.38. The zero-order valence-electron chi connectivity index (χ0n) is 6.98. The average Bonchev–Trinajstić information content (AvgIpc) is 2.31. The molecule has 0 amide bonds. The highest BCUT2D eigenvalue weighted by Gasteiger charge is 2.01. The molecular formula is C6H12ClN3S2. The molecule has 70 valence electrons. The van der Waals surface area contributed by atoms with Crippen molar-refractivity contribution in [3.63, 3.8) is 0 Å². The van der Waals surface area contributed by atoms with Gasteiger partial charge in [-0.05, 0) is 13.8 Å². The van der Waals surface area contributed by atoms with E-state index < -0.39 is 0 Å². The van der Waals surface area contributed by atoms with Crippen LogP contribution in [0.5, 0.6) is 0 Å². The molecule has 1 rings (SSSR count). The molecule has 1 aromatic heterocycles. The van der Waals surface area contributed by atoms with Crippen molar-refractivity contribution in [2.75, 3.05) is 5.75 Å². The molecule has 12 heavy (non-hydrogen) atoms. The molecule has 0 spiro atoms. The van der Waals surface area contributed by atoms with E-state index in [2.05, 4.69) is 10.2 Å². The molecule has 0 fully saturated rings. The van der Waals surface area contributed by atoms with Crippen LogP contribution in [0.25, 0.3) is 0 Å². The number of hydrogen-bond acceptors (Lipinski definition) is 5. The summed E-state index contributed by atoms with van der Waals surface area (Å²) in [6.07, 6.45) is 0. The van der Waals surface area contributed by atoms with Crippen LogP contribution in [0.4, 0.5) is 0 Å². The molecule has 0 bridgehead atoms. The Kier molecular flexibility index (Phi) is 5.82. The fourth-order valence-corrected chi connectivity index (χ4v) is 2.26. The molecular weight excluding hydrogens is 214 g/mol. The van der Waals surface area contributed by atoms with Crippen LogP contribution in [0.1, 0.15) is 11.9 Å². The Labute approximate surface area is 86.6 Å². The highest BCUT2D eigenvalue weighted by molar-refractivity contribution is 8.01. The van der Waals surface area contributed by atoms with Gasteiger partial charge >= 0.3 is 0 Å². The van der Waals surface area contributed by atoms with Crippen LogP contribution in [-0.2, 0) is 0 Å². The first-order chi connectivity index (χ1) is 5.18. The van der Waals surface area contributed by atoms with Crippen molar-refractivity contribution in [2.24, 2.45) is 5.73 Å². The zero-order chi connectivity index (χ0) is 8.27. The van der Waals surface area contributed by atoms with Gasteiger partial charge in [0.15, 0.2) is 4.34 Å². The highest BCUT2D eigenvalue weighted by atomic mass is 35.5. The predicted molar refractivity (Wildman–Crippen MR) is 56.3 cm³/mol. The normalized spacial score (nSPS) is 12.2. The second kappa shape index (κ2) is 5.75. The van der Waals surface area contributed by atoms with E-state index >= 15 is 0 Å². The van der Waals surface area contributed by atoms with Gasteiger partial charge in [-0.3, -0.25) is 0 Å². The number of aromatic nitrogens is 2. The van der Waals surface area contributed by atoms with Gasteiger partial charge in [0.25, 0.3) is 0 Å². The summed E-state index contributed by atoms with van der Waals surface area (Å²) in [6.45, 7) is 3.94. The Bertz CT molecular complexity index is 226. The molecule has 0 aromatic carbocycles. The third kappa shape index (κ3) is 4.25. The number of nitrogens with zero attached hydrogens (tertiary/aromatic N) is 2.